The molecule has 4 rings (SSSR count). The summed E-state index contributed by atoms with van der Waals surface area (Å²) in [6, 6.07) is 14.9. The summed E-state index contributed by atoms with van der Waals surface area (Å²) < 4.78 is 16.3. The molecule has 2 aliphatic rings. The highest BCUT2D eigenvalue weighted by Crippen LogP contribution is 2.27. The van der Waals surface area contributed by atoms with Crippen molar-refractivity contribution in [1.82, 2.24) is 5.32 Å². The molecule has 0 aliphatic carbocycles. The average Bonchev–Trinajstić information content (AvgIpc) is 3.25. The number of ether oxygens (including phenoxy) is 3. The van der Waals surface area contributed by atoms with Gasteiger partial charge in [-0.25, -0.2) is 0 Å². The van der Waals surface area contributed by atoms with E-state index in [0.29, 0.717) is 12.2 Å². The lowest BCUT2D eigenvalue weighted by Crippen LogP contribution is -2.44. The molecule has 0 unspecified atom stereocenters. The van der Waals surface area contributed by atoms with Crippen LogP contribution in [0, 0.1) is 0 Å². The summed E-state index contributed by atoms with van der Waals surface area (Å²) in [4.78, 5) is 12.6. The monoisotopic (exact) mass is 355 g/mol. The minimum absolute atomic E-state index is 0.181. The van der Waals surface area contributed by atoms with Gasteiger partial charge in [-0.3, -0.25) is 4.79 Å². The van der Waals surface area contributed by atoms with E-state index in [-0.39, 0.29) is 30.8 Å². The third-order valence-electron chi connectivity index (χ3n) is 4.89. The molecule has 2 saturated heterocycles. The molecule has 2 aliphatic heterocycles. The predicted octanol–water partition coefficient (Wildman–Crippen LogP) is 1.62. The molecule has 6 nitrogen and oxygen atoms in total. The van der Waals surface area contributed by atoms with E-state index in [9.17, 15) is 9.90 Å². The van der Waals surface area contributed by atoms with E-state index in [2.05, 4.69) is 5.32 Å². The number of nitrogens with one attached hydrogen (secondary N) is 1. The Kier molecular flexibility index (Phi) is 4.63. The Labute approximate surface area is 151 Å². The number of rotatable bonds is 4. The first-order chi connectivity index (χ1) is 12.7. The molecular formula is C20H21NO5. The fourth-order valence-corrected chi connectivity index (χ4v) is 3.48. The van der Waals surface area contributed by atoms with Crippen LogP contribution in [-0.4, -0.2) is 55.7 Å². The number of fused-ring (bicyclic) bond motifs is 1. The third kappa shape index (κ3) is 3.19. The Morgan fingerprint density at radius 2 is 1.85 bits per heavy atom. The van der Waals surface area contributed by atoms with Crippen molar-refractivity contribution >= 4 is 5.91 Å². The first kappa shape index (κ1) is 17.0. The summed E-state index contributed by atoms with van der Waals surface area (Å²) in [5.74, 6) is 0.608. The summed E-state index contributed by atoms with van der Waals surface area (Å²) in [6.07, 6.45) is -1.27. The van der Waals surface area contributed by atoms with Gasteiger partial charge >= 0.3 is 0 Å². The van der Waals surface area contributed by atoms with Gasteiger partial charge in [0.1, 0.15) is 24.1 Å². The summed E-state index contributed by atoms with van der Waals surface area (Å²) in [7, 11) is 1.63. The van der Waals surface area contributed by atoms with Crippen molar-refractivity contribution in [2.45, 2.75) is 24.4 Å². The van der Waals surface area contributed by atoms with Gasteiger partial charge in [-0.2, -0.15) is 0 Å². The van der Waals surface area contributed by atoms with Crippen molar-refractivity contribution in [3.8, 4) is 16.9 Å². The van der Waals surface area contributed by atoms with Crippen LogP contribution in [0.3, 0.4) is 0 Å². The Morgan fingerprint density at radius 1 is 1.08 bits per heavy atom. The number of benzene rings is 2. The lowest BCUT2D eigenvalue weighted by Gasteiger charge is -2.17. The van der Waals surface area contributed by atoms with Gasteiger partial charge in [0, 0.05) is 5.56 Å². The number of carbonyl (C=O) groups excluding carboxylic acids is 1. The topological polar surface area (TPSA) is 77.0 Å². The summed E-state index contributed by atoms with van der Waals surface area (Å²) in [5, 5.41) is 12.8. The molecule has 2 heterocycles. The van der Waals surface area contributed by atoms with Crippen LogP contribution in [0.1, 0.15) is 10.4 Å². The number of aliphatic hydroxyl groups is 1. The fourth-order valence-electron chi connectivity index (χ4n) is 3.48. The second-order valence-corrected chi connectivity index (χ2v) is 6.55. The van der Waals surface area contributed by atoms with Gasteiger partial charge in [0.05, 0.1) is 26.4 Å². The highest BCUT2D eigenvalue weighted by molar-refractivity contribution is 5.95. The molecule has 4 atom stereocenters. The Balaban J connectivity index is 1.48. The SMILES string of the molecule is COc1ccc(-c2cccc(C(=O)N[C@@H]3CO[C@H]4[C@@H]3OC[C@H]4O)c2)cc1. The van der Waals surface area contributed by atoms with Crippen LogP contribution >= 0.6 is 0 Å². The fraction of sp³-hybridized carbons (Fsp3) is 0.350. The first-order valence-electron chi connectivity index (χ1n) is 8.62. The van der Waals surface area contributed by atoms with Gasteiger partial charge in [-0.05, 0) is 35.4 Å². The second-order valence-electron chi connectivity index (χ2n) is 6.55. The number of hydrogen-bond acceptors (Lipinski definition) is 5. The van der Waals surface area contributed by atoms with Crippen molar-refractivity contribution in [1.29, 1.82) is 0 Å². The maximum atomic E-state index is 12.6. The quantitative estimate of drug-likeness (QED) is 0.872. The maximum Gasteiger partial charge on any atom is 0.251 e. The molecule has 2 N–H and O–H groups in total. The molecule has 136 valence electrons. The third-order valence-corrected chi connectivity index (χ3v) is 4.89. The zero-order chi connectivity index (χ0) is 18.1. The number of amides is 1. The minimum Gasteiger partial charge on any atom is -0.497 e. The lowest BCUT2D eigenvalue weighted by molar-refractivity contribution is 0.0178. The van der Waals surface area contributed by atoms with Gasteiger partial charge in [0.25, 0.3) is 5.91 Å². The molecule has 2 fully saturated rings. The van der Waals surface area contributed by atoms with Crippen molar-refractivity contribution in [3.63, 3.8) is 0 Å². The standard InChI is InChI=1S/C20H21NO5/c1-24-15-7-5-12(6-8-15)13-3-2-4-14(9-13)20(23)21-16-10-25-19-17(22)11-26-18(16)19/h2-9,16-19,22H,10-11H2,1H3,(H,21,23)/t16-,17-,18-,19-/m1/s1. The van der Waals surface area contributed by atoms with Crippen molar-refractivity contribution in [3.05, 3.63) is 54.1 Å². The number of hydrogen-bond donors (Lipinski definition) is 2. The highest BCUT2D eigenvalue weighted by Gasteiger charge is 2.47. The van der Waals surface area contributed by atoms with Crippen molar-refractivity contribution < 1.29 is 24.1 Å². The molecular weight excluding hydrogens is 334 g/mol. The van der Waals surface area contributed by atoms with E-state index in [1.807, 2.05) is 42.5 Å². The molecule has 26 heavy (non-hydrogen) atoms. The molecule has 0 radical (unpaired) electrons. The average molecular weight is 355 g/mol. The molecule has 1 amide bonds. The summed E-state index contributed by atoms with van der Waals surface area (Å²) in [6.45, 7) is 0.588. The number of carbonyl (C=O) groups is 1. The minimum atomic E-state index is -0.625. The summed E-state index contributed by atoms with van der Waals surface area (Å²) in [5.41, 5.74) is 2.53. The van der Waals surface area contributed by atoms with Crippen LogP contribution in [0.2, 0.25) is 0 Å². The van der Waals surface area contributed by atoms with E-state index < -0.39 is 6.10 Å². The molecule has 0 bridgehead atoms. The van der Waals surface area contributed by atoms with Crippen LogP contribution < -0.4 is 10.1 Å². The predicted molar refractivity (Wildman–Crippen MR) is 95.2 cm³/mol. The van der Waals surface area contributed by atoms with E-state index in [1.165, 1.54) is 0 Å². The maximum absolute atomic E-state index is 12.6. The van der Waals surface area contributed by atoms with Crippen molar-refractivity contribution in [2.24, 2.45) is 0 Å². The number of aliphatic hydroxyl groups excluding tert-OH is 1. The molecule has 2 aromatic rings. The largest absolute Gasteiger partial charge is 0.497 e. The van der Waals surface area contributed by atoms with E-state index in [4.69, 9.17) is 14.2 Å². The van der Waals surface area contributed by atoms with E-state index in [0.717, 1.165) is 16.9 Å². The van der Waals surface area contributed by atoms with E-state index in [1.54, 1.807) is 13.2 Å². The second kappa shape index (κ2) is 7.07. The van der Waals surface area contributed by atoms with Gasteiger partial charge in [0.2, 0.25) is 0 Å². The zero-order valence-electron chi connectivity index (χ0n) is 14.4. The zero-order valence-corrected chi connectivity index (χ0v) is 14.4. The van der Waals surface area contributed by atoms with E-state index >= 15 is 0 Å². The normalized spacial score (nSPS) is 27.2. The highest BCUT2D eigenvalue weighted by atomic mass is 16.6. The van der Waals surface area contributed by atoms with Gasteiger partial charge in [0.15, 0.2) is 0 Å². The Hall–Kier alpha value is -2.41. The van der Waals surface area contributed by atoms with Crippen molar-refractivity contribution in [2.75, 3.05) is 20.3 Å². The van der Waals surface area contributed by atoms with Gasteiger partial charge in [-0.15, -0.1) is 0 Å². The summed E-state index contributed by atoms with van der Waals surface area (Å²) >= 11 is 0. The molecule has 2 aromatic carbocycles. The lowest BCUT2D eigenvalue weighted by atomic mass is 10.0. The first-order valence-corrected chi connectivity index (χ1v) is 8.62. The van der Waals surface area contributed by atoms with Crippen LogP contribution in [0.4, 0.5) is 0 Å². The van der Waals surface area contributed by atoms with Crippen LogP contribution in [0.5, 0.6) is 5.75 Å². The Morgan fingerprint density at radius 3 is 2.62 bits per heavy atom. The van der Waals surface area contributed by atoms with Crippen LogP contribution in [0.25, 0.3) is 11.1 Å². The molecule has 0 aromatic heterocycles. The van der Waals surface area contributed by atoms with Gasteiger partial charge < -0.3 is 24.6 Å². The molecule has 0 saturated carbocycles. The molecule has 0 spiro atoms. The van der Waals surface area contributed by atoms with Crippen LogP contribution in [0.15, 0.2) is 48.5 Å². The smallest absolute Gasteiger partial charge is 0.251 e. The molecule has 6 heteroatoms. The van der Waals surface area contributed by atoms with Crippen LogP contribution in [-0.2, 0) is 9.47 Å². The van der Waals surface area contributed by atoms with Gasteiger partial charge in [-0.1, -0.05) is 24.3 Å². The Bertz CT molecular complexity index is 791. The number of methoxy groups -OCH3 is 1.